The summed E-state index contributed by atoms with van der Waals surface area (Å²) in [4.78, 5) is 0. The molecule has 0 aliphatic heterocycles. The van der Waals surface area contributed by atoms with Crippen LogP contribution in [-0.2, 0) is 0 Å². The highest BCUT2D eigenvalue weighted by atomic mass is 16.3. The maximum atomic E-state index is 9.03. The second-order valence-electron chi connectivity index (χ2n) is 3.48. The fourth-order valence-electron chi connectivity index (χ4n) is 0.920. The lowest BCUT2D eigenvalue weighted by Crippen LogP contribution is -1.95. The third-order valence-corrected chi connectivity index (χ3v) is 2.07. The van der Waals surface area contributed by atoms with Crippen LogP contribution in [0.25, 0.3) is 0 Å². The molecule has 1 aromatic carbocycles. The van der Waals surface area contributed by atoms with Gasteiger partial charge >= 0.3 is 0 Å². The van der Waals surface area contributed by atoms with Crippen molar-refractivity contribution in [2.24, 2.45) is 0 Å². The lowest BCUT2D eigenvalue weighted by Gasteiger charge is -2.02. The maximum Gasteiger partial charge on any atom is 0.115 e. The highest BCUT2D eigenvalue weighted by Crippen LogP contribution is 2.15. The van der Waals surface area contributed by atoms with Crippen LogP contribution in [0, 0.1) is 0 Å². The zero-order chi connectivity index (χ0) is 12.6. The molecule has 2 atom stereocenters. The first-order valence-corrected chi connectivity index (χ1v) is 5.28. The van der Waals surface area contributed by atoms with Crippen molar-refractivity contribution < 1.29 is 15.3 Å². The van der Waals surface area contributed by atoms with Crippen LogP contribution in [0.15, 0.2) is 36.9 Å². The van der Waals surface area contributed by atoms with Crippen molar-refractivity contribution >= 4 is 0 Å². The molecule has 0 saturated carbocycles. The topological polar surface area (TPSA) is 60.7 Å². The molecule has 0 aliphatic rings. The molecular weight excluding hydrogens is 204 g/mol. The molecular formula is C13H20O3. The van der Waals surface area contributed by atoms with Crippen LogP contribution in [-0.4, -0.2) is 21.4 Å². The van der Waals surface area contributed by atoms with Crippen LogP contribution >= 0.6 is 0 Å². The van der Waals surface area contributed by atoms with Gasteiger partial charge in [0.05, 0.1) is 12.2 Å². The number of aliphatic hydroxyl groups excluding tert-OH is 2. The van der Waals surface area contributed by atoms with E-state index in [0.29, 0.717) is 0 Å². The molecule has 0 radical (unpaired) electrons. The highest BCUT2D eigenvalue weighted by molar-refractivity contribution is 5.26. The van der Waals surface area contributed by atoms with Gasteiger partial charge in [0.15, 0.2) is 0 Å². The molecule has 0 aliphatic carbocycles. The van der Waals surface area contributed by atoms with E-state index in [2.05, 4.69) is 6.58 Å². The molecule has 0 heterocycles. The Balaban J connectivity index is 0.000000325. The molecule has 3 N–H and O–H groups in total. The molecule has 0 spiro atoms. The molecule has 90 valence electrons. The van der Waals surface area contributed by atoms with Crippen LogP contribution in [0.3, 0.4) is 0 Å². The average Bonchev–Trinajstić information content (AvgIpc) is 2.29. The molecule has 2 unspecified atom stereocenters. The number of hydrogen-bond donors (Lipinski definition) is 3. The van der Waals surface area contributed by atoms with Gasteiger partial charge in [-0.15, -0.1) is 6.58 Å². The van der Waals surface area contributed by atoms with Crippen LogP contribution in [0.1, 0.15) is 31.9 Å². The molecule has 0 amide bonds. The summed E-state index contributed by atoms with van der Waals surface area (Å²) in [5.74, 6) is 0.226. The predicted octanol–water partition coefficient (Wildman–Crippen LogP) is 2.39. The molecule has 16 heavy (non-hydrogen) atoms. The summed E-state index contributed by atoms with van der Waals surface area (Å²) in [7, 11) is 0. The van der Waals surface area contributed by atoms with Crippen molar-refractivity contribution in [3.05, 3.63) is 42.5 Å². The van der Waals surface area contributed by atoms with Crippen molar-refractivity contribution in [2.45, 2.75) is 32.5 Å². The first kappa shape index (κ1) is 14.7. The molecule has 1 aromatic rings. The van der Waals surface area contributed by atoms with E-state index in [1.807, 2.05) is 6.92 Å². The Bertz CT molecular complexity index is 291. The van der Waals surface area contributed by atoms with E-state index in [1.54, 1.807) is 31.2 Å². The van der Waals surface area contributed by atoms with Gasteiger partial charge in [0.1, 0.15) is 5.75 Å². The van der Waals surface area contributed by atoms with Crippen molar-refractivity contribution in [3.8, 4) is 5.75 Å². The molecule has 3 nitrogen and oxygen atoms in total. The van der Waals surface area contributed by atoms with E-state index >= 15 is 0 Å². The lowest BCUT2D eigenvalue weighted by atomic mass is 10.1. The molecule has 0 bridgehead atoms. The highest BCUT2D eigenvalue weighted by Gasteiger charge is 1.97. The first-order chi connectivity index (χ1) is 7.51. The number of phenolic OH excluding ortho intramolecular Hbond substituents is 1. The minimum absolute atomic E-state index is 0.226. The largest absolute Gasteiger partial charge is 0.508 e. The summed E-state index contributed by atoms with van der Waals surface area (Å²) >= 11 is 0. The molecule has 0 fully saturated rings. The number of rotatable bonds is 3. The third-order valence-electron chi connectivity index (χ3n) is 2.07. The quantitative estimate of drug-likeness (QED) is 0.691. The van der Waals surface area contributed by atoms with Gasteiger partial charge < -0.3 is 15.3 Å². The standard InChI is InChI=1S/C8H10O2.C5H10O/c1-6(9)7-2-4-8(10)5-3-7;1-3-5(6)4-2/h2-6,9-10H,1H3;3,5-6H,1,4H2,2H3. The van der Waals surface area contributed by atoms with Gasteiger partial charge in [-0.05, 0) is 31.0 Å². The summed E-state index contributed by atoms with van der Waals surface area (Å²) in [5.41, 5.74) is 0.817. The fraction of sp³-hybridized carbons (Fsp3) is 0.385. The Kier molecular flexibility index (Phi) is 7.25. The van der Waals surface area contributed by atoms with Crippen molar-refractivity contribution in [3.63, 3.8) is 0 Å². The van der Waals surface area contributed by atoms with E-state index in [0.717, 1.165) is 12.0 Å². The zero-order valence-corrected chi connectivity index (χ0v) is 9.80. The minimum atomic E-state index is -0.458. The molecule has 0 aromatic heterocycles. The van der Waals surface area contributed by atoms with Gasteiger partial charge in [0, 0.05) is 0 Å². The van der Waals surface area contributed by atoms with E-state index in [-0.39, 0.29) is 11.9 Å². The van der Waals surface area contributed by atoms with Crippen LogP contribution in [0.5, 0.6) is 5.75 Å². The van der Waals surface area contributed by atoms with Crippen molar-refractivity contribution in [2.75, 3.05) is 0 Å². The van der Waals surface area contributed by atoms with Gasteiger partial charge in [-0.3, -0.25) is 0 Å². The Morgan fingerprint density at radius 1 is 1.25 bits per heavy atom. The molecule has 0 saturated heterocycles. The fourth-order valence-corrected chi connectivity index (χ4v) is 0.920. The van der Waals surface area contributed by atoms with E-state index in [1.165, 1.54) is 6.08 Å². The number of benzene rings is 1. The van der Waals surface area contributed by atoms with Gasteiger partial charge in [-0.1, -0.05) is 25.1 Å². The van der Waals surface area contributed by atoms with Gasteiger partial charge in [-0.2, -0.15) is 0 Å². The van der Waals surface area contributed by atoms with E-state index in [4.69, 9.17) is 15.3 Å². The van der Waals surface area contributed by atoms with Crippen LogP contribution < -0.4 is 0 Å². The number of aromatic hydroxyl groups is 1. The smallest absolute Gasteiger partial charge is 0.115 e. The SMILES string of the molecule is C=CC(O)CC.CC(O)c1ccc(O)cc1. The van der Waals surface area contributed by atoms with Crippen LogP contribution in [0.2, 0.25) is 0 Å². The summed E-state index contributed by atoms with van der Waals surface area (Å²) in [6, 6.07) is 6.50. The van der Waals surface area contributed by atoms with Crippen LogP contribution in [0.4, 0.5) is 0 Å². The Labute approximate surface area is 96.7 Å². The lowest BCUT2D eigenvalue weighted by molar-refractivity contribution is 0.199. The Morgan fingerprint density at radius 3 is 2.00 bits per heavy atom. The Hall–Kier alpha value is -1.32. The first-order valence-electron chi connectivity index (χ1n) is 5.28. The second kappa shape index (κ2) is 7.91. The number of aliphatic hydroxyl groups is 2. The normalized spacial score (nSPS) is 13.2. The summed E-state index contributed by atoms with van der Waals surface area (Å²) in [6.07, 6.45) is 1.54. The van der Waals surface area contributed by atoms with Gasteiger partial charge in [-0.25, -0.2) is 0 Å². The maximum absolute atomic E-state index is 9.03. The second-order valence-corrected chi connectivity index (χ2v) is 3.48. The number of phenols is 1. The third kappa shape index (κ3) is 6.22. The van der Waals surface area contributed by atoms with Crippen molar-refractivity contribution in [1.82, 2.24) is 0 Å². The van der Waals surface area contributed by atoms with Gasteiger partial charge in [0.25, 0.3) is 0 Å². The Morgan fingerprint density at radius 2 is 1.75 bits per heavy atom. The summed E-state index contributed by atoms with van der Waals surface area (Å²) in [6.45, 7) is 6.98. The number of hydrogen-bond acceptors (Lipinski definition) is 3. The zero-order valence-electron chi connectivity index (χ0n) is 9.80. The summed E-state index contributed by atoms with van der Waals surface area (Å²) in [5, 5.41) is 26.4. The summed E-state index contributed by atoms with van der Waals surface area (Å²) < 4.78 is 0. The predicted molar refractivity (Wildman–Crippen MR) is 65.2 cm³/mol. The minimum Gasteiger partial charge on any atom is -0.508 e. The van der Waals surface area contributed by atoms with E-state index < -0.39 is 6.10 Å². The van der Waals surface area contributed by atoms with Crippen molar-refractivity contribution in [1.29, 1.82) is 0 Å². The molecule has 3 heteroatoms. The monoisotopic (exact) mass is 224 g/mol. The van der Waals surface area contributed by atoms with Gasteiger partial charge in [0.2, 0.25) is 0 Å². The molecule has 1 rings (SSSR count). The van der Waals surface area contributed by atoms with E-state index in [9.17, 15) is 0 Å². The average molecular weight is 224 g/mol.